The second-order valence-electron chi connectivity index (χ2n) is 7.51. The average molecular weight is 425 g/mol. The molecule has 0 amide bonds. The maximum Gasteiger partial charge on any atom is 0.569 e. The normalized spacial score (nSPS) is 10.6. The molecule has 6 nitrogen and oxygen atoms in total. The molecule has 157 valence electrons. The maximum atomic E-state index is 9.34. The molecule has 0 unspecified atom stereocenters. The van der Waals surface area contributed by atoms with Gasteiger partial charge in [0.1, 0.15) is 5.75 Å². The molecule has 2 aromatic heterocycles. The van der Waals surface area contributed by atoms with Crippen molar-refractivity contribution in [2.24, 2.45) is 0 Å². The van der Waals surface area contributed by atoms with Crippen LogP contribution in [0, 0.1) is 0 Å². The van der Waals surface area contributed by atoms with Crippen molar-refractivity contribution in [2.75, 3.05) is 0 Å². The number of pyridine rings is 2. The molecule has 0 aliphatic heterocycles. The van der Waals surface area contributed by atoms with Gasteiger partial charge in [-0.15, -0.1) is 0 Å². The third-order valence-corrected chi connectivity index (χ3v) is 5.18. The summed E-state index contributed by atoms with van der Waals surface area (Å²) >= 11 is 0. The summed E-state index contributed by atoms with van der Waals surface area (Å²) in [5.41, 5.74) is 4.79. The molecule has 1 radical (unpaired) electrons. The van der Waals surface area contributed by atoms with Crippen molar-refractivity contribution < 1.29 is 28.9 Å². The molecule has 0 spiro atoms. The molecule has 0 atom stereocenters. The summed E-state index contributed by atoms with van der Waals surface area (Å²) in [6.07, 6.45) is 8.10. The van der Waals surface area contributed by atoms with Crippen LogP contribution in [-0.4, -0.2) is 29.9 Å². The monoisotopic (exact) mass is 425 g/mol. The van der Waals surface area contributed by atoms with Crippen molar-refractivity contribution in [3.63, 3.8) is 0 Å². The largest absolute Gasteiger partial charge is 0.569 e. The zero-order valence-electron chi connectivity index (χ0n) is 17.5. The third-order valence-electron chi connectivity index (χ3n) is 5.18. The van der Waals surface area contributed by atoms with Gasteiger partial charge in [-0.1, -0.05) is 36.4 Å². The van der Waals surface area contributed by atoms with E-state index in [-0.39, 0.29) is 0 Å². The molecular weight excluding hydrogens is 402 g/mol. The standard InChI is InChI=1S/C24H23B2N2O4/c29-25-32-24-6-2-4-20(16-24)18-28-13-9-22(10-14-28)21-7-11-27(12-8-21)17-19-3-1-5-23(15-19)26(30)31/h1-16,29-31H,17-18H2/q+2. The van der Waals surface area contributed by atoms with Crippen LogP contribution in [0.1, 0.15) is 11.1 Å². The summed E-state index contributed by atoms with van der Waals surface area (Å²) in [6.45, 7) is 1.34. The van der Waals surface area contributed by atoms with Gasteiger partial charge in [0, 0.05) is 35.4 Å². The molecule has 8 heteroatoms. The van der Waals surface area contributed by atoms with Gasteiger partial charge in [0.05, 0.1) is 0 Å². The number of aromatic nitrogens is 2. The van der Waals surface area contributed by atoms with E-state index in [0.717, 1.165) is 22.3 Å². The van der Waals surface area contributed by atoms with Gasteiger partial charge in [0.15, 0.2) is 37.9 Å². The highest BCUT2D eigenvalue weighted by Gasteiger charge is 2.12. The molecule has 32 heavy (non-hydrogen) atoms. The Kier molecular flexibility index (Phi) is 6.97. The summed E-state index contributed by atoms with van der Waals surface area (Å²) in [7, 11) is -0.777. The van der Waals surface area contributed by atoms with E-state index in [1.165, 1.54) is 0 Å². The Hall–Kier alpha value is -3.45. The van der Waals surface area contributed by atoms with Crippen LogP contribution in [0.2, 0.25) is 0 Å². The Balaban J connectivity index is 1.42. The molecule has 0 bridgehead atoms. The fourth-order valence-corrected chi connectivity index (χ4v) is 3.56. The predicted octanol–water partition coefficient (Wildman–Crippen LogP) is 0.610. The van der Waals surface area contributed by atoms with Crippen molar-refractivity contribution in [1.29, 1.82) is 0 Å². The Morgan fingerprint density at radius 3 is 1.78 bits per heavy atom. The van der Waals surface area contributed by atoms with Crippen molar-refractivity contribution in [3.05, 3.63) is 109 Å². The van der Waals surface area contributed by atoms with Gasteiger partial charge < -0.3 is 19.7 Å². The fraction of sp³-hybridized carbons (Fsp3) is 0.0833. The van der Waals surface area contributed by atoms with E-state index in [2.05, 4.69) is 28.8 Å². The smallest absolute Gasteiger partial charge is 0.537 e. The molecule has 0 fully saturated rings. The number of nitrogens with zero attached hydrogens (tertiary/aromatic N) is 2. The summed E-state index contributed by atoms with van der Waals surface area (Å²) < 4.78 is 9.15. The Bertz CT molecular complexity index is 1170. The molecular formula is C24H23B2N2O4+2. The second kappa shape index (κ2) is 10.2. The van der Waals surface area contributed by atoms with Gasteiger partial charge >= 0.3 is 14.8 Å². The van der Waals surface area contributed by atoms with Crippen molar-refractivity contribution in [2.45, 2.75) is 13.1 Å². The quantitative estimate of drug-likeness (QED) is 0.286. The fourth-order valence-electron chi connectivity index (χ4n) is 3.56. The average Bonchev–Trinajstić information content (AvgIpc) is 2.81. The highest BCUT2D eigenvalue weighted by Crippen LogP contribution is 2.16. The van der Waals surface area contributed by atoms with Crippen LogP contribution in [0.3, 0.4) is 0 Å². The molecule has 4 rings (SSSR count). The number of hydrogen-bond donors (Lipinski definition) is 3. The lowest BCUT2D eigenvalue weighted by atomic mass is 9.79. The predicted molar refractivity (Wildman–Crippen MR) is 122 cm³/mol. The summed E-state index contributed by atoms with van der Waals surface area (Å²) in [5.74, 6) is 0.596. The Labute approximate surface area is 188 Å². The van der Waals surface area contributed by atoms with Crippen LogP contribution in [-0.2, 0) is 13.1 Å². The van der Waals surface area contributed by atoms with Gasteiger partial charge in [0.25, 0.3) is 0 Å². The first-order valence-corrected chi connectivity index (χ1v) is 10.3. The Morgan fingerprint density at radius 1 is 0.719 bits per heavy atom. The molecule has 0 saturated carbocycles. The van der Waals surface area contributed by atoms with E-state index in [4.69, 9.17) is 9.68 Å². The summed E-state index contributed by atoms with van der Waals surface area (Å²) in [4.78, 5) is 0. The van der Waals surface area contributed by atoms with Crippen LogP contribution in [0.15, 0.2) is 97.6 Å². The van der Waals surface area contributed by atoms with Gasteiger partial charge in [-0.05, 0) is 28.7 Å². The van der Waals surface area contributed by atoms with Gasteiger partial charge in [-0.25, -0.2) is 9.13 Å². The lowest BCUT2D eigenvalue weighted by Gasteiger charge is -2.05. The van der Waals surface area contributed by atoms with Crippen LogP contribution in [0.25, 0.3) is 11.1 Å². The SMILES string of the molecule is O[B]Oc1cccc(C[n+]2ccc(-c3cc[n+](Cc4cccc(B(O)O)c4)cc3)cc2)c1. The number of rotatable bonds is 8. The van der Waals surface area contributed by atoms with Crippen LogP contribution < -0.4 is 19.3 Å². The zero-order chi connectivity index (χ0) is 22.3. The van der Waals surface area contributed by atoms with Gasteiger partial charge in [-0.2, -0.15) is 0 Å². The minimum atomic E-state index is -1.46. The highest BCUT2D eigenvalue weighted by atomic mass is 16.5. The minimum Gasteiger partial charge on any atom is -0.537 e. The van der Waals surface area contributed by atoms with Crippen molar-refractivity contribution in [1.82, 2.24) is 0 Å². The molecule has 0 aliphatic carbocycles. The molecule has 2 aromatic carbocycles. The van der Waals surface area contributed by atoms with E-state index in [9.17, 15) is 10.0 Å². The van der Waals surface area contributed by atoms with Crippen LogP contribution in [0.5, 0.6) is 5.75 Å². The van der Waals surface area contributed by atoms with Crippen molar-refractivity contribution >= 4 is 20.3 Å². The van der Waals surface area contributed by atoms with Gasteiger partial charge in [0.2, 0.25) is 0 Å². The lowest BCUT2D eigenvalue weighted by Crippen LogP contribution is -2.35. The van der Waals surface area contributed by atoms with Crippen LogP contribution in [0.4, 0.5) is 0 Å². The summed E-state index contributed by atoms with van der Waals surface area (Å²) in [6, 6.07) is 23.2. The number of hydrogen-bond acceptors (Lipinski definition) is 4. The lowest BCUT2D eigenvalue weighted by molar-refractivity contribution is -0.688. The van der Waals surface area contributed by atoms with E-state index in [1.807, 2.05) is 59.7 Å². The maximum absolute atomic E-state index is 9.34. The molecule has 0 aliphatic rings. The second-order valence-corrected chi connectivity index (χ2v) is 7.51. The first kappa shape index (κ1) is 21.8. The van der Waals surface area contributed by atoms with E-state index < -0.39 is 7.12 Å². The molecule has 3 N–H and O–H groups in total. The molecule has 2 heterocycles. The van der Waals surface area contributed by atoms with E-state index >= 15 is 0 Å². The highest BCUT2D eigenvalue weighted by molar-refractivity contribution is 6.58. The first-order valence-electron chi connectivity index (χ1n) is 10.3. The topological polar surface area (TPSA) is 77.7 Å². The third kappa shape index (κ3) is 5.62. The van der Waals surface area contributed by atoms with Crippen molar-refractivity contribution in [3.8, 4) is 16.9 Å². The minimum absolute atomic E-state index is 0.489. The zero-order valence-corrected chi connectivity index (χ0v) is 17.5. The first-order chi connectivity index (χ1) is 15.6. The van der Waals surface area contributed by atoms with Crippen LogP contribution >= 0.6 is 0 Å². The van der Waals surface area contributed by atoms with E-state index in [1.54, 1.807) is 18.2 Å². The number of benzene rings is 2. The van der Waals surface area contributed by atoms with Gasteiger partial charge in [-0.3, -0.25) is 0 Å². The summed E-state index contributed by atoms with van der Waals surface area (Å²) in [5, 5.41) is 27.5. The van der Waals surface area contributed by atoms with E-state index in [0.29, 0.717) is 32.0 Å². The molecule has 0 saturated heterocycles. The Morgan fingerprint density at radius 2 is 1.25 bits per heavy atom. The molecule has 4 aromatic rings.